The summed E-state index contributed by atoms with van der Waals surface area (Å²) in [6, 6.07) is 3.57. The quantitative estimate of drug-likeness (QED) is 0.577. The van der Waals surface area contributed by atoms with Crippen LogP contribution in [0.5, 0.6) is 5.75 Å². The van der Waals surface area contributed by atoms with Crippen LogP contribution in [0.4, 0.5) is 0 Å². The van der Waals surface area contributed by atoms with Crippen LogP contribution in [0, 0.1) is 6.92 Å². The number of aryl methyl sites for hydroxylation is 2. The molecular weight excluding hydrogens is 278 g/mol. The average Bonchev–Trinajstić information content (AvgIpc) is 2.50. The van der Waals surface area contributed by atoms with E-state index in [4.69, 9.17) is 5.11 Å². The number of carbonyl (C=O) groups excluding carboxylic acids is 1. The van der Waals surface area contributed by atoms with Crippen LogP contribution in [-0.4, -0.2) is 27.6 Å². The summed E-state index contributed by atoms with van der Waals surface area (Å²) in [5.41, 5.74) is 1.71. The van der Waals surface area contributed by atoms with Crippen LogP contribution < -0.4 is 0 Å². The third kappa shape index (κ3) is 8.13. The predicted octanol–water partition coefficient (Wildman–Crippen LogP) is 3.71. The van der Waals surface area contributed by atoms with Gasteiger partial charge in [-0.3, -0.25) is 9.78 Å². The van der Waals surface area contributed by atoms with Gasteiger partial charge in [-0.05, 0) is 51.2 Å². The molecule has 1 aromatic heterocycles. The summed E-state index contributed by atoms with van der Waals surface area (Å²) < 4.78 is 0. The predicted molar refractivity (Wildman–Crippen MR) is 88.0 cm³/mol. The summed E-state index contributed by atoms with van der Waals surface area (Å²) in [7, 11) is 0. The first-order valence-corrected chi connectivity index (χ1v) is 8.41. The van der Waals surface area contributed by atoms with Crippen LogP contribution in [0.3, 0.4) is 0 Å². The van der Waals surface area contributed by atoms with Crippen molar-refractivity contribution in [3.63, 3.8) is 0 Å². The second-order valence-corrected chi connectivity index (χ2v) is 5.89. The molecule has 1 aromatic rings. The summed E-state index contributed by atoms with van der Waals surface area (Å²) in [6.45, 7) is 2.04. The fourth-order valence-corrected chi connectivity index (χ4v) is 2.46. The number of unbranched alkanes of at least 4 members (excludes halogenated alkanes) is 5. The number of rotatable bonds is 12. The molecule has 0 saturated carbocycles. The van der Waals surface area contributed by atoms with E-state index in [0.717, 1.165) is 57.1 Å². The molecule has 124 valence electrons. The lowest BCUT2D eigenvalue weighted by atomic mass is 10.0. The zero-order chi connectivity index (χ0) is 16.2. The molecule has 0 radical (unpaired) electrons. The van der Waals surface area contributed by atoms with E-state index in [1.165, 1.54) is 0 Å². The van der Waals surface area contributed by atoms with Gasteiger partial charge in [0.15, 0.2) is 0 Å². The van der Waals surface area contributed by atoms with Gasteiger partial charge in [-0.25, -0.2) is 0 Å². The Hall–Kier alpha value is -1.42. The smallest absolute Gasteiger partial charge is 0.136 e. The van der Waals surface area contributed by atoms with E-state index in [0.29, 0.717) is 24.3 Å². The molecule has 0 atom stereocenters. The lowest BCUT2D eigenvalue weighted by Crippen LogP contribution is -1.98. The first-order chi connectivity index (χ1) is 10.6. The van der Waals surface area contributed by atoms with Gasteiger partial charge in [0.25, 0.3) is 0 Å². The molecule has 1 rings (SSSR count). The van der Waals surface area contributed by atoms with E-state index in [1.807, 2.05) is 13.0 Å². The highest BCUT2D eigenvalue weighted by molar-refractivity contribution is 5.78. The maximum absolute atomic E-state index is 11.6. The van der Waals surface area contributed by atoms with Gasteiger partial charge in [0.1, 0.15) is 11.5 Å². The van der Waals surface area contributed by atoms with Gasteiger partial charge in [0.05, 0.1) is 5.69 Å². The van der Waals surface area contributed by atoms with E-state index in [-0.39, 0.29) is 12.4 Å². The number of aromatic hydroxyl groups is 1. The Labute approximate surface area is 133 Å². The average molecular weight is 307 g/mol. The van der Waals surface area contributed by atoms with Crippen molar-refractivity contribution in [3.05, 3.63) is 23.5 Å². The Balaban J connectivity index is 2.01. The van der Waals surface area contributed by atoms with E-state index in [9.17, 15) is 9.90 Å². The SMILES string of the molecule is Cc1nc(CCCCCCC(=O)CCCCCO)ccc1O. The maximum atomic E-state index is 11.6. The number of nitrogens with zero attached hydrogens (tertiary/aromatic N) is 1. The molecule has 2 N–H and O–H groups in total. The maximum Gasteiger partial charge on any atom is 0.136 e. The topological polar surface area (TPSA) is 70.4 Å². The molecular formula is C18H29NO3. The van der Waals surface area contributed by atoms with Crippen LogP contribution in [0.15, 0.2) is 12.1 Å². The van der Waals surface area contributed by atoms with Gasteiger partial charge in [0.2, 0.25) is 0 Å². The second-order valence-electron chi connectivity index (χ2n) is 5.89. The first-order valence-electron chi connectivity index (χ1n) is 8.41. The van der Waals surface area contributed by atoms with Gasteiger partial charge >= 0.3 is 0 Å². The molecule has 1 heterocycles. The number of aliphatic hydroxyl groups is 1. The third-order valence-corrected chi connectivity index (χ3v) is 3.87. The molecule has 0 aliphatic rings. The van der Waals surface area contributed by atoms with Crippen LogP contribution in [0.2, 0.25) is 0 Å². The van der Waals surface area contributed by atoms with Gasteiger partial charge in [-0.15, -0.1) is 0 Å². The van der Waals surface area contributed by atoms with Crippen molar-refractivity contribution in [1.29, 1.82) is 0 Å². The zero-order valence-corrected chi connectivity index (χ0v) is 13.7. The highest BCUT2D eigenvalue weighted by Gasteiger charge is 2.03. The summed E-state index contributed by atoms with van der Waals surface area (Å²) in [6.07, 6.45) is 9.18. The minimum Gasteiger partial charge on any atom is -0.506 e. The Morgan fingerprint density at radius 3 is 2.27 bits per heavy atom. The lowest BCUT2D eigenvalue weighted by molar-refractivity contribution is -0.119. The lowest BCUT2D eigenvalue weighted by Gasteiger charge is -2.04. The van der Waals surface area contributed by atoms with Crippen molar-refractivity contribution in [3.8, 4) is 5.75 Å². The summed E-state index contributed by atoms with van der Waals surface area (Å²) >= 11 is 0. The van der Waals surface area contributed by atoms with Gasteiger partial charge in [-0.2, -0.15) is 0 Å². The Morgan fingerprint density at radius 2 is 1.64 bits per heavy atom. The number of Topliss-reactive ketones (excluding diaryl/α,β-unsaturated/α-hetero) is 1. The zero-order valence-electron chi connectivity index (χ0n) is 13.7. The molecule has 4 heteroatoms. The third-order valence-electron chi connectivity index (χ3n) is 3.87. The Bertz CT molecular complexity index is 446. The number of carbonyl (C=O) groups is 1. The number of ketones is 1. The van der Waals surface area contributed by atoms with Crippen LogP contribution in [0.25, 0.3) is 0 Å². The molecule has 0 fully saturated rings. The summed E-state index contributed by atoms with van der Waals surface area (Å²) in [5.74, 6) is 0.606. The van der Waals surface area contributed by atoms with Crippen molar-refractivity contribution in [2.45, 2.75) is 71.1 Å². The van der Waals surface area contributed by atoms with E-state index < -0.39 is 0 Å². The van der Waals surface area contributed by atoms with E-state index >= 15 is 0 Å². The second kappa shape index (κ2) is 11.2. The summed E-state index contributed by atoms with van der Waals surface area (Å²) in [5, 5.41) is 18.1. The van der Waals surface area contributed by atoms with Crippen LogP contribution in [-0.2, 0) is 11.2 Å². The Kier molecular flexibility index (Phi) is 9.47. The number of hydrogen-bond acceptors (Lipinski definition) is 4. The largest absolute Gasteiger partial charge is 0.506 e. The minimum absolute atomic E-state index is 0.226. The van der Waals surface area contributed by atoms with Crippen LogP contribution >= 0.6 is 0 Å². The Morgan fingerprint density at radius 1 is 1.00 bits per heavy atom. The van der Waals surface area contributed by atoms with Gasteiger partial charge in [-0.1, -0.05) is 19.3 Å². The number of aliphatic hydroxyl groups excluding tert-OH is 1. The van der Waals surface area contributed by atoms with Crippen molar-refractivity contribution in [2.24, 2.45) is 0 Å². The number of aromatic nitrogens is 1. The van der Waals surface area contributed by atoms with Gasteiger partial charge < -0.3 is 10.2 Å². The normalized spacial score (nSPS) is 10.8. The molecule has 0 aliphatic heterocycles. The molecule has 22 heavy (non-hydrogen) atoms. The van der Waals surface area contributed by atoms with Crippen molar-refractivity contribution in [2.75, 3.05) is 6.61 Å². The molecule has 0 aliphatic carbocycles. The molecule has 0 bridgehead atoms. The van der Waals surface area contributed by atoms with Crippen molar-refractivity contribution < 1.29 is 15.0 Å². The fourth-order valence-electron chi connectivity index (χ4n) is 2.46. The first kappa shape index (κ1) is 18.6. The molecule has 0 aromatic carbocycles. The van der Waals surface area contributed by atoms with Crippen LogP contribution in [0.1, 0.15) is 69.2 Å². The highest BCUT2D eigenvalue weighted by atomic mass is 16.3. The fraction of sp³-hybridized carbons (Fsp3) is 0.667. The molecule has 0 amide bonds. The highest BCUT2D eigenvalue weighted by Crippen LogP contribution is 2.15. The van der Waals surface area contributed by atoms with E-state index in [2.05, 4.69) is 4.98 Å². The number of hydrogen-bond donors (Lipinski definition) is 2. The molecule has 4 nitrogen and oxygen atoms in total. The standard InChI is InChI=1S/C18H29NO3/c1-15-18(22)13-12-16(19-15)9-5-2-3-6-10-17(21)11-7-4-8-14-20/h12-13,20,22H,2-11,14H2,1H3. The van der Waals surface area contributed by atoms with Crippen molar-refractivity contribution >= 4 is 5.78 Å². The summed E-state index contributed by atoms with van der Waals surface area (Å²) in [4.78, 5) is 16.0. The van der Waals surface area contributed by atoms with Gasteiger partial charge in [0, 0.05) is 25.1 Å². The minimum atomic E-state index is 0.226. The van der Waals surface area contributed by atoms with E-state index in [1.54, 1.807) is 6.07 Å². The number of pyridine rings is 1. The molecule has 0 spiro atoms. The molecule has 0 unspecified atom stereocenters. The van der Waals surface area contributed by atoms with Crippen molar-refractivity contribution in [1.82, 2.24) is 4.98 Å². The molecule has 0 saturated heterocycles. The monoisotopic (exact) mass is 307 g/mol.